The van der Waals surface area contributed by atoms with Gasteiger partial charge in [0.15, 0.2) is 0 Å². The fourth-order valence-corrected chi connectivity index (χ4v) is 4.19. The molecule has 1 spiro atoms. The zero-order valence-corrected chi connectivity index (χ0v) is 10.4. The predicted molar refractivity (Wildman–Crippen MR) is 63.2 cm³/mol. The van der Waals surface area contributed by atoms with Crippen LogP contribution in [0.5, 0.6) is 0 Å². The summed E-state index contributed by atoms with van der Waals surface area (Å²) in [6.07, 6.45) is 10.2. The van der Waals surface area contributed by atoms with E-state index in [2.05, 4.69) is 6.08 Å². The monoisotopic (exact) mass is 236 g/mol. The Morgan fingerprint density at radius 3 is 3.06 bits per heavy atom. The molecule has 0 aromatic heterocycles. The second-order valence-corrected chi connectivity index (χ2v) is 5.49. The van der Waals surface area contributed by atoms with Crippen LogP contribution in [0.2, 0.25) is 0 Å². The zero-order valence-electron chi connectivity index (χ0n) is 10.4. The van der Waals surface area contributed by atoms with Crippen LogP contribution in [0.3, 0.4) is 0 Å². The maximum Gasteiger partial charge on any atom is 0.316 e. The fourth-order valence-electron chi connectivity index (χ4n) is 4.19. The summed E-state index contributed by atoms with van der Waals surface area (Å²) in [5, 5.41) is 0. The Labute approximate surface area is 102 Å². The summed E-state index contributed by atoms with van der Waals surface area (Å²) in [6, 6.07) is 0. The molecule has 3 aliphatic rings. The van der Waals surface area contributed by atoms with Crippen molar-refractivity contribution in [3.05, 3.63) is 12.3 Å². The van der Waals surface area contributed by atoms with E-state index in [9.17, 15) is 4.79 Å². The molecule has 0 amide bonds. The molecule has 0 aromatic carbocycles. The highest BCUT2D eigenvalue weighted by molar-refractivity contribution is 5.79. The normalized spacial score (nSPS) is 42.8. The van der Waals surface area contributed by atoms with Crippen LogP contribution in [0.4, 0.5) is 0 Å². The summed E-state index contributed by atoms with van der Waals surface area (Å²) in [5.74, 6) is 0.401. The third-order valence-electron chi connectivity index (χ3n) is 4.95. The van der Waals surface area contributed by atoms with Crippen LogP contribution >= 0.6 is 0 Å². The standard InChI is InChI=1S/C14H20O3/c1-2-16-12(15)13-7-3-4-8-14(13)11(5-9-13)6-10-17-14/h6,10-11H,2-5,7-9H2,1H3/t11-,13+,14+/m1/s1. The van der Waals surface area contributed by atoms with Gasteiger partial charge in [0.05, 0.1) is 12.9 Å². The molecule has 0 aromatic rings. The minimum absolute atomic E-state index is 0.0223. The van der Waals surface area contributed by atoms with Gasteiger partial charge in [-0.2, -0.15) is 0 Å². The van der Waals surface area contributed by atoms with Crippen LogP contribution in [0.1, 0.15) is 45.4 Å². The Balaban J connectivity index is 1.98. The molecule has 1 aliphatic heterocycles. The smallest absolute Gasteiger partial charge is 0.316 e. The van der Waals surface area contributed by atoms with Gasteiger partial charge in [-0.3, -0.25) is 4.79 Å². The van der Waals surface area contributed by atoms with E-state index in [-0.39, 0.29) is 17.0 Å². The van der Waals surface area contributed by atoms with E-state index in [0.717, 1.165) is 32.1 Å². The van der Waals surface area contributed by atoms with Crippen molar-refractivity contribution in [1.29, 1.82) is 0 Å². The number of carbonyl (C=O) groups is 1. The van der Waals surface area contributed by atoms with Gasteiger partial charge in [-0.1, -0.05) is 6.42 Å². The van der Waals surface area contributed by atoms with Gasteiger partial charge in [0, 0.05) is 5.92 Å². The molecule has 1 heterocycles. The van der Waals surface area contributed by atoms with Gasteiger partial charge in [0.25, 0.3) is 0 Å². The molecule has 94 valence electrons. The predicted octanol–water partition coefficient (Wildman–Crippen LogP) is 2.80. The fraction of sp³-hybridized carbons (Fsp3) is 0.786. The first-order valence-corrected chi connectivity index (χ1v) is 6.77. The van der Waals surface area contributed by atoms with Crippen molar-refractivity contribution in [3.63, 3.8) is 0 Å². The molecule has 3 atom stereocenters. The Hall–Kier alpha value is -0.990. The lowest BCUT2D eigenvalue weighted by Crippen LogP contribution is -2.54. The van der Waals surface area contributed by atoms with Crippen LogP contribution in [0.15, 0.2) is 12.3 Å². The molecule has 2 saturated carbocycles. The van der Waals surface area contributed by atoms with Crippen molar-refractivity contribution in [3.8, 4) is 0 Å². The third-order valence-corrected chi connectivity index (χ3v) is 4.95. The van der Waals surface area contributed by atoms with Gasteiger partial charge in [-0.15, -0.1) is 0 Å². The number of carbonyl (C=O) groups excluding carboxylic acids is 1. The van der Waals surface area contributed by atoms with Crippen LogP contribution in [-0.2, 0) is 14.3 Å². The molecule has 0 saturated heterocycles. The van der Waals surface area contributed by atoms with E-state index in [1.54, 1.807) is 0 Å². The maximum atomic E-state index is 12.4. The highest BCUT2D eigenvalue weighted by Gasteiger charge is 2.67. The van der Waals surface area contributed by atoms with Crippen LogP contribution in [-0.4, -0.2) is 18.2 Å². The van der Waals surface area contributed by atoms with Gasteiger partial charge < -0.3 is 9.47 Å². The Bertz CT molecular complexity index is 362. The summed E-state index contributed by atoms with van der Waals surface area (Å²) in [6.45, 7) is 2.35. The van der Waals surface area contributed by atoms with E-state index in [0.29, 0.717) is 12.5 Å². The molecular weight excluding hydrogens is 216 g/mol. The number of rotatable bonds is 2. The lowest BCUT2D eigenvalue weighted by atomic mass is 9.63. The van der Waals surface area contributed by atoms with Gasteiger partial charge in [0.1, 0.15) is 11.0 Å². The highest BCUT2D eigenvalue weighted by atomic mass is 16.5. The van der Waals surface area contributed by atoms with E-state index in [1.165, 1.54) is 6.42 Å². The lowest BCUT2D eigenvalue weighted by Gasteiger charge is -2.46. The molecule has 2 aliphatic carbocycles. The molecular formula is C14H20O3. The van der Waals surface area contributed by atoms with Crippen molar-refractivity contribution in [2.45, 2.75) is 51.0 Å². The topological polar surface area (TPSA) is 35.5 Å². The van der Waals surface area contributed by atoms with Gasteiger partial charge in [0.2, 0.25) is 0 Å². The second kappa shape index (κ2) is 3.76. The molecule has 3 nitrogen and oxygen atoms in total. The number of hydrogen-bond donors (Lipinski definition) is 0. The summed E-state index contributed by atoms with van der Waals surface area (Å²) in [7, 11) is 0. The number of esters is 1. The largest absolute Gasteiger partial charge is 0.493 e. The van der Waals surface area contributed by atoms with Crippen molar-refractivity contribution in [2.75, 3.05) is 6.61 Å². The zero-order chi connectivity index (χ0) is 11.9. The maximum absolute atomic E-state index is 12.4. The summed E-state index contributed by atoms with van der Waals surface area (Å²) >= 11 is 0. The van der Waals surface area contributed by atoms with Gasteiger partial charge >= 0.3 is 5.97 Å². The Kier molecular flexibility index (Phi) is 2.46. The quantitative estimate of drug-likeness (QED) is 0.692. The van der Waals surface area contributed by atoms with Gasteiger partial charge in [-0.05, 0) is 45.1 Å². The van der Waals surface area contributed by atoms with Crippen LogP contribution in [0, 0.1) is 11.3 Å². The van der Waals surface area contributed by atoms with Crippen LogP contribution < -0.4 is 0 Å². The first-order chi connectivity index (χ1) is 8.25. The van der Waals surface area contributed by atoms with E-state index in [4.69, 9.17) is 9.47 Å². The number of hydrogen-bond acceptors (Lipinski definition) is 3. The minimum Gasteiger partial charge on any atom is -0.493 e. The van der Waals surface area contributed by atoms with Gasteiger partial charge in [-0.25, -0.2) is 0 Å². The summed E-state index contributed by atoms with van der Waals surface area (Å²) in [4.78, 5) is 12.4. The average molecular weight is 236 g/mol. The molecule has 17 heavy (non-hydrogen) atoms. The SMILES string of the molecule is CCOC(=O)[C@@]12CCCC[C@@]13OC=C[C@H]3CC2. The molecule has 3 heteroatoms. The van der Waals surface area contributed by atoms with Crippen molar-refractivity contribution < 1.29 is 14.3 Å². The second-order valence-electron chi connectivity index (χ2n) is 5.49. The minimum atomic E-state index is -0.366. The lowest BCUT2D eigenvalue weighted by molar-refractivity contribution is -0.179. The van der Waals surface area contributed by atoms with Crippen molar-refractivity contribution >= 4 is 5.97 Å². The summed E-state index contributed by atoms with van der Waals surface area (Å²) in [5.41, 5.74) is -0.632. The molecule has 0 unspecified atom stereocenters. The average Bonchev–Trinajstić information content (AvgIpc) is 2.84. The van der Waals surface area contributed by atoms with Crippen molar-refractivity contribution in [1.82, 2.24) is 0 Å². The molecule has 2 fully saturated rings. The molecule has 0 N–H and O–H groups in total. The molecule has 0 bridgehead atoms. The number of ether oxygens (including phenoxy) is 2. The Morgan fingerprint density at radius 2 is 2.24 bits per heavy atom. The van der Waals surface area contributed by atoms with E-state index >= 15 is 0 Å². The van der Waals surface area contributed by atoms with Crippen molar-refractivity contribution in [2.24, 2.45) is 11.3 Å². The first-order valence-electron chi connectivity index (χ1n) is 6.77. The Morgan fingerprint density at radius 1 is 1.41 bits per heavy atom. The first kappa shape index (κ1) is 11.1. The molecule has 3 rings (SSSR count). The van der Waals surface area contributed by atoms with E-state index in [1.807, 2.05) is 13.2 Å². The molecule has 0 radical (unpaired) electrons. The third kappa shape index (κ3) is 1.25. The van der Waals surface area contributed by atoms with Crippen LogP contribution in [0.25, 0.3) is 0 Å². The van der Waals surface area contributed by atoms with E-state index < -0.39 is 0 Å². The highest BCUT2D eigenvalue weighted by Crippen LogP contribution is 2.62. The summed E-state index contributed by atoms with van der Waals surface area (Å²) < 4.78 is 11.3.